The Morgan fingerprint density at radius 2 is 2.57 bits per heavy atom. The van der Waals surface area contributed by atoms with Gasteiger partial charge in [0.05, 0.1) is 18.2 Å². The summed E-state index contributed by atoms with van der Waals surface area (Å²) in [5.41, 5.74) is 2.22. The van der Waals surface area contributed by atoms with E-state index in [1.165, 1.54) is 11.3 Å². The Morgan fingerprint density at radius 1 is 1.67 bits per heavy atom. The zero-order valence-corrected chi connectivity index (χ0v) is 13.2. The monoisotopic (exact) mass is 310 g/mol. The molecule has 0 N–H and O–H groups in total. The molecule has 21 heavy (non-hydrogen) atoms. The first-order chi connectivity index (χ1) is 10.2. The third-order valence-electron chi connectivity index (χ3n) is 4.52. The molecule has 116 valence electrons. The minimum Gasteiger partial charge on any atom is -0.381 e. The minimum absolute atomic E-state index is 0.0381. The van der Waals surface area contributed by atoms with Gasteiger partial charge in [0.1, 0.15) is 5.69 Å². The number of hydrogen-bond acceptors (Lipinski definition) is 5. The molecule has 2 saturated heterocycles. The lowest BCUT2D eigenvalue weighted by Gasteiger charge is -2.50. The highest BCUT2D eigenvalue weighted by molar-refractivity contribution is 7.07. The van der Waals surface area contributed by atoms with Gasteiger partial charge in [-0.15, -0.1) is 11.3 Å². The summed E-state index contributed by atoms with van der Waals surface area (Å²) in [5, 5.41) is 1.82. The molecule has 6 heteroatoms. The van der Waals surface area contributed by atoms with Crippen molar-refractivity contribution in [1.29, 1.82) is 0 Å². The van der Waals surface area contributed by atoms with E-state index in [-0.39, 0.29) is 17.4 Å². The lowest BCUT2D eigenvalue weighted by Crippen LogP contribution is -2.58. The number of carbonyl (C=O) groups is 1. The molecule has 0 unspecified atom stereocenters. The van der Waals surface area contributed by atoms with Crippen LogP contribution in [-0.2, 0) is 9.47 Å². The zero-order valence-electron chi connectivity index (χ0n) is 12.4. The summed E-state index contributed by atoms with van der Waals surface area (Å²) >= 11 is 1.46. The Morgan fingerprint density at radius 3 is 3.33 bits per heavy atom. The van der Waals surface area contributed by atoms with Crippen molar-refractivity contribution in [3.05, 3.63) is 16.6 Å². The first kappa shape index (κ1) is 14.9. The van der Waals surface area contributed by atoms with E-state index in [9.17, 15) is 4.79 Å². The van der Waals surface area contributed by atoms with Gasteiger partial charge in [0, 0.05) is 37.1 Å². The van der Waals surface area contributed by atoms with Crippen molar-refractivity contribution in [3.63, 3.8) is 0 Å². The van der Waals surface area contributed by atoms with Gasteiger partial charge in [-0.2, -0.15) is 0 Å². The SMILES string of the molecule is CCOC[C@]12CCCO[C@H]1CCN(C(=O)c1cscn1)C2. The molecule has 2 atom stereocenters. The van der Waals surface area contributed by atoms with E-state index >= 15 is 0 Å². The van der Waals surface area contributed by atoms with Crippen LogP contribution in [0.2, 0.25) is 0 Å². The fourth-order valence-electron chi connectivity index (χ4n) is 3.46. The average molecular weight is 310 g/mol. The number of aromatic nitrogens is 1. The second-order valence-electron chi connectivity index (χ2n) is 5.85. The third-order valence-corrected chi connectivity index (χ3v) is 5.11. The number of piperidine rings is 1. The number of amides is 1. The summed E-state index contributed by atoms with van der Waals surface area (Å²) in [5.74, 6) is 0.0381. The van der Waals surface area contributed by atoms with E-state index in [4.69, 9.17) is 9.47 Å². The Hall–Kier alpha value is -0.980. The van der Waals surface area contributed by atoms with Gasteiger partial charge >= 0.3 is 0 Å². The van der Waals surface area contributed by atoms with Crippen molar-refractivity contribution >= 4 is 17.2 Å². The van der Waals surface area contributed by atoms with Crippen LogP contribution in [0.25, 0.3) is 0 Å². The number of carbonyl (C=O) groups excluding carboxylic acids is 1. The molecule has 1 aromatic heterocycles. The first-order valence-corrected chi connectivity index (χ1v) is 8.56. The molecule has 0 aliphatic carbocycles. The maximum Gasteiger partial charge on any atom is 0.273 e. The molecule has 1 aromatic rings. The van der Waals surface area contributed by atoms with Crippen molar-refractivity contribution in [2.75, 3.05) is 32.9 Å². The predicted octanol–water partition coefficient (Wildman–Crippen LogP) is 2.19. The van der Waals surface area contributed by atoms with Gasteiger partial charge < -0.3 is 14.4 Å². The highest BCUT2D eigenvalue weighted by Gasteiger charge is 2.47. The van der Waals surface area contributed by atoms with E-state index in [2.05, 4.69) is 4.98 Å². The molecule has 0 bridgehead atoms. The van der Waals surface area contributed by atoms with Crippen LogP contribution in [0.5, 0.6) is 0 Å². The normalized spacial score (nSPS) is 29.2. The largest absolute Gasteiger partial charge is 0.381 e. The fraction of sp³-hybridized carbons (Fsp3) is 0.733. The van der Waals surface area contributed by atoms with Crippen LogP contribution in [0.3, 0.4) is 0 Å². The summed E-state index contributed by atoms with van der Waals surface area (Å²) in [6, 6.07) is 0. The lowest BCUT2D eigenvalue weighted by molar-refractivity contribution is -0.146. The van der Waals surface area contributed by atoms with Crippen molar-refractivity contribution in [2.45, 2.75) is 32.3 Å². The van der Waals surface area contributed by atoms with E-state index in [1.807, 2.05) is 17.2 Å². The van der Waals surface area contributed by atoms with Gasteiger partial charge in [-0.1, -0.05) is 0 Å². The number of ether oxygens (including phenoxy) is 2. The van der Waals surface area contributed by atoms with Crippen LogP contribution >= 0.6 is 11.3 Å². The zero-order chi connectivity index (χ0) is 14.7. The fourth-order valence-corrected chi connectivity index (χ4v) is 3.99. The van der Waals surface area contributed by atoms with Crippen LogP contribution in [0.4, 0.5) is 0 Å². The topological polar surface area (TPSA) is 51.7 Å². The maximum atomic E-state index is 12.5. The van der Waals surface area contributed by atoms with Crippen LogP contribution in [-0.4, -0.2) is 54.8 Å². The lowest BCUT2D eigenvalue weighted by atomic mass is 9.73. The first-order valence-electron chi connectivity index (χ1n) is 7.62. The highest BCUT2D eigenvalue weighted by Crippen LogP contribution is 2.40. The number of rotatable bonds is 4. The van der Waals surface area contributed by atoms with Crippen molar-refractivity contribution in [3.8, 4) is 0 Å². The standard InChI is InChI=1S/C15H22N2O3S/c1-2-19-10-15-5-3-7-20-13(15)4-6-17(9-15)14(18)12-8-21-11-16-12/h8,11,13H,2-7,9-10H2,1H3/t13-,15+/m0/s1. The Kier molecular flexibility index (Phi) is 4.57. The number of nitrogens with zero attached hydrogens (tertiary/aromatic N) is 2. The molecule has 0 radical (unpaired) electrons. The molecule has 2 fully saturated rings. The second kappa shape index (κ2) is 6.42. The van der Waals surface area contributed by atoms with Gasteiger partial charge in [0.2, 0.25) is 0 Å². The molecule has 2 aliphatic heterocycles. The molecule has 1 amide bonds. The van der Waals surface area contributed by atoms with E-state index in [0.29, 0.717) is 25.5 Å². The predicted molar refractivity (Wildman–Crippen MR) is 80.5 cm³/mol. The molecule has 0 saturated carbocycles. The van der Waals surface area contributed by atoms with E-state index in [0.717, 1.165) is 32.4 Å². The summed E-state index contributed by atoms with van der Waals surface area (Å²) in [6.45, 7) is 5.68. The molecule has 0 aromatic carbocycles. The highest BCUT2D eigenvalue weighted by atomic mass is 32.1. The molecule has 5 nitrogen and oxygen atoms in total. The van der Waals surface area contributed by atoms with Crippen LogP contribution < -0.4 is 0 Å². The number of fused-ring (bicyclic) bond motifs is 1. The third kappa shape index (κ3) is 2.98. The van der Waals surface area contributed by atoms with Crippen molar-refractivity contribution < 1.29 is 14.3 Å². The molecule has 2 aliphatic rings. The average Bonchev–Trinajstić information content (AvgIpc) is 3.06. The molecule has 0 spiro atoms. The number of likely N-dealkylation sites (tertiary alicyclic amines) is 1. The Bertz CT molecular complexity index is 479. The number of hydrogen-bond donors (Lipinski definition) is 0. The van der Waals surface area contributed by atoms with Gasteiger partial charge in [0.25, 0.3) is 5.91 Å². The maximum absolute atomic E-state index is 12.5. The van der Waals surface area contributed by atoms with Crippen LogP contribution in [0.1, 0.15) is 36.7 Å². The van der Waals surface area contributed by atoms with Gasteiger partial charge in [-0.05, 0) is 26.2 Å². The molecule has 3 heterocycles. The Labute approximate surface area is 129 Å². The molecular formula is C15H22N2O3S. The Balaban J connectivity index is 1.76. The second-order valence-corrected chi connectivity index (χ2v) is 6.57. The van der Waals surface area contributed by atoms with Crippen LogP contribution in [0, 0.1) is 5.41 Å². The quantitative estimate of drug-likeness (QED) is 0.855. The van der Waals surface area contributed by atoms with Crippen LogP contribution in [0.15, 0.2) is 10.9 Å². The van der Waals surface area contributed by atoms with E-state index in [1.54, 1.807) is 5.51 Å². The van der Waals surface area contributed by atoms with E-state index < -0.39 is 0 Å². The summed E-state index contributed by atoms with van der Waals surface area (Å²) < 4.78 is 11.7. The smallest absolute Gasteiger partial charge is 0.273 e. The van der Waals surface area contributed by atoms with Crippen molar-refractivity contribution in [2.24, 2.45) is 5.41 Å². The minimum atomic E-state index is -0.0435. The molecule has 3 rings (SSSR count). The molecular weight excluding hydrogens is 288 g/mol. The van der Waals surface area contributed by atoms with Gasteiger partial charge in [-0.3, -0.25) is 4.79 Å². The summed E-state index contributed by atoms with van der Waals surface area (Å²) in [6.07, 6.45) is 3.22. The summed E-state index contributed by atoms with van der Waals surface area (Å²) in [4.78, 5) is 18.6. The van der Waals surface area contributed by atoms with Gasteiger partial charge in [0.15, 0.2) is 0 Å². The van der Waals surface area contributed by atoms with Crippen molar-refractivity contribution in [1.82, 2.24) is 9.88 Å². The summed E-state index contributed by atoms with van der Waals surface area (Å²) in [7, 11) is 0. The number of thiazole rings is 1. The van der Waals surface area contributed by atoms with Gasteiger partial charge in [-0.25, -0.2) is 4.98 Å².